The van der Waals surface area contributed by atoms with Crippen LogP contribution in [0.15, 0.2) is 6.20 Å². The molecule has 1 rings (SSSR count). The fourth-order valence-corrected chi connectivity index (χ4v) is 2.18. The zero-order valence-electron chi connectivity index (χ0n) is 3.21. The normalized spacial score (nSPS) is 9.86. The minimum atomic E-state index is -0.0651. The second-order valence-corrected chi connectivity index (χ2v) is 5.10. The maximum absolute atomic E-state index is 4.12. The monoisotopic (exact) mass is 245 g/mol. The fourth-order valence-electron chi connectivity index (χ4n) is 0.192. The van der Waals surface area contributed by atoms with E-state index in [1.54, 1.807) is 6.20 Å². The SMILES string of the molecule is S[I-]c1cnns1. The average Bonchev–Trinajstić information content (AvgIpc) is 2.14. The number of aromatic nitrogens is 2. The Hall–Kier alpha value is 0.640. The summed E-state index contributed by atoms with van der Waals surface area (Å²) in [5.74, 6) is 0. The molecule has 1 aromatic rings. The molecule has 2 nitrogen and oxygen atoms in total. The van der Waals surface area contributed by atoms with Gasteiger partial charge >= 0.3 is 59.8 Å². The zero-order valence-corrected chi connectivity index (χ0v) is 7.07. The molecular weight excluding hydrogens is 243 g/mol. The molecule has 40 valence electrons. The Morgan fingerprint density at radius 3 is 3.00 bits per heavy atom. The number of nitrogens with zero attached hydrogens (tertiary/aromatic N) is 2. The first-order valence-electron chi connectivity index (χ1n) is 1.49. The van der Waals surface area contributed by atoms with Gasteiger partial charge < -0.3 is 0 Å². The molecule has 0 bridgehead atoms. The summed E-state index contributed by atoms with van der Waals surface area (Å²) in [4.78, 5) is 0. The van der Waals surface area contributed by atoms with Gasteiger partial charge in [-0.15, -0.1) is 0 Å². The minimum absolute atomic E-state index is 0.0651. The van der Waals surface area contributed by atoms with Crippen LogP contribution in [0.1, 0.15) is 0 Å². The Morgan fingerprint density at radius 2 is 2.71 bits per heavy atom. The summed E-state index contributed by atoms with van der Waals surface area (Å²) >= 11 is 1.37. The van der Waals surface area contributed by atoms with Crippen LogP contribution < -0.4 is 19.8 Å². The molecule has 0 aromatic carbocycles. The van der Waals surface area contributed by atoms with Gasteiger partial charge in [0.05, 0.1) is 0 Å². The molecule has 0 spiro atoms. The summed E-state index contributed by atoms with van der Waals surface area (Å²) in [6.07, 6.45) is 1.77. The summed E-state index contributed by atoms with van der Waals surface area (Å²) in [6, 6.07) is 0. The van der Waals surface area contributed by atoms with Crippen molar-refractivity contribution in [2.24, 2.45) is 0 Å². The van der Waals surface area contributed by atoms with E-state index in [0.29, 0.717) is 0 Å². The van der Waals surface area contributed by atoms with Crippen molar-refractivity contribution in [3.63, 3.8) is 0 Å². The van der Waals surface area contributed by atoms with Crippen LogP contribution >= 0.6 is 21.3 Å². The molecular formula is C2H2IN2S2-. The van der Waals surface area contributed by atoms with Crippen molar-refractivity contribution in [2.75, 3.05) is 0 Å². The van der Waals surface area contributed by atoms with Crippen molar-refractivity contribution < 1.29 is 19.8 Å². The van der Waals surface area contributed by atoms with E-state index < -0.39 is 0 Å². The van der Waals surface area contributed by atoms with E-state index in [1.807, 2.05) is 0 Å². The van der Waals surface area contributed by atoms with Gasteiger partial charge in [-0.25, -0.2) is 0 Å². The second-order valence-electron chi connectivity index (χ2n) is 0.806. The molecule has 0 unspecified atom stereocenters. The van der Waals surface area contributed by atoms with Gasteiger partial charge in [0.15, 0.2) is 0 Å². The standard InChI is InChI=1S/C2H2IN2S2/c6-3-2-1-4-5-7-2/h1,6H/q-1. The van der Waals surface area contributed by atoms with E-state index >= 15 is 0 Å². The van der Waals surface area contributed by atoms with Crippen LogP contribution in [0.25, 0.3) is 0 Å². The summed E-state index contributed by atoms with van der Waals surface area (Å²) in [7, 11) is 4.12. The number of rotatable bonds is 1. The molecule has 0 fully saturated rings. The summed E-state index contributed by atoms with van der Waals surface area (Å²) in [6.45, 7) is 0. The van der Waals surface area contributed by atoms with E-state index in [4.69, 9.17) is 0 Å². The van der Waals surface area contributed by atoms with Crippen LogP contribution in [0.4, 0.5) is 0 Å². The molecule has 0 aliphatic heterocycles. The van der Waals surface area contributed by atoms with Crippen molar-refractivity contribution in [3.8, 4) is 0 Å². The quantitative estimate of drug-likeness (QED) is 0.442. The van der Waals surface area contributed by atoms with Crippen LogP contribution in [0.5, 0.6) is 0 Å². The molecule has 5 heteroatoms. The van der Waals surface area contributed by atoms with Crippen LogP contribution in [0, 0.1) is 2.88 Å². The van der Waals surface area contributed by atoms with E-state index in [2.05, 4.69) is 19.4 Å². The van der Waals surface area contributed by atoms with Crippen molar-refractivity contribution in [1.29, 1.82) is 0 Å². The van der Waals surface area contributed by atoms with Gasteiger partial charge in [0.25, 0.3) is 0 Å². The third-order valence-corrected chi connectivity index (χ3v) is 4.72. The average molecular weight is 245 g/mol. The molecule has 1 aromatic heterocycles. The Balaban J connectivity index is 2.76. The van der Waals surface area contributed by atoms with Gasteiger partial charge in [-0.2, -0.15) is 0 Å². The van der Waals surface area contributed by atoms with Crippen LogP contribution in [0.3, 0.4) is 0 Å². The van der Waals surface area contributed by atoms with Gasteiger partial charge in [0.2, 0.25) is 0 Å². The maximum atomic E-state index is 4.12. The van der Waals surface area contributed by atoms with Crippen molar-refractivity contribution in [2.45, 2.75) is 0 Å². The van der Waals surface area contributed by atoms with E-state index in [0.717, 1.165) is 0 Å². The topological polar surface area (TPSA) is 25.8 Å². The predicted octanol–water partition coefficient (Wildman–Crippen LogP) is -2.36. The number of hydrogen-bond acceptors (Lipinski definition) is 4. The molecule has 7 heavy (non-hydrogen) atoms. The summed E-state index contributed by atoms with van der Waals surface area (Å²) in [5, 5.41) is 3.64. The first-order chi connectivity index (χ1) is 3.43. The Morgan fingerprint density at radius 1 is 1.86 bits per heavy atom. The van der Waals surface area contributed by atoms with E-state index in [-0.39, 0.29) is 19.8 Å². The fraction of sp³-hybridized carbons (Fsp3) is 0. The molecule has 0 atom stereocenters. The molecule has 0 saturated heterocycles. The third kappa shape index (κ3) is 1.54. The van der Waals surface area contributed by atoms with Gasteiger partial charge in [-0.1, -0.05) is 0 Å². The molecule has 0 saturated carbocycles. The van der Waals surface area contributed by atoms with Gasteiger partial charge in [0.1, 0.15) is 0 Å². The van der Waals surface area contributed by atoms with Crippen molar-refractivity contribution in [1.82, 2.24) is 9.59 Å². The second kappa shape index (κ2) is 2.83. The summed E-state index contributed by atoms with van der Waals surface area (Å²) in [5.41, 5.74) is 0. The van der Waals surface area contributed by atoms with Gasteiger partial charge in [-0.05, 0) is 0 Å². The number of halogens is 1. The summed E-state index contributed by atoms with van der Waals surface area (Å²) < 4.78 is 4.89. The van der Waals surface area contributed by atoms with E-state index in [9.17, 15) is 0 Å². The van der Waals surface area contributed by atoms with Gasteiger partial charge in [0, 0.05) is 0 Å². The predicted molar refractivity (Wildman–Crippen MR) is 27.6 cm³/mol. The molecule has 0 radical (unpaired) electrons. The van der Waals surface area contributed by atoms with Crippen molar-refractivity contribution in [3.05, 3.63) is 9.08 Å². The molecule has 1 heterocycles. The van der Waals surface area contributed by atoms with Crippen LogP contribution in [-0.4, -0.2) is 9.59 Å². The third-order valence-electron chi connectivity index (χ3n) is 0.418. The first-order valence-corrected chi connectivity index (χ1v) is 6.58. The van der Waals surface area contributed by atoms with Crippen LogP contribution in [-0.2, 0) is 0 Å². The molecule has 0 aliphatic rings. The van der Waals surface area contributed by atoms with Gasteiger partial charge in [-0.3, -0.25) is 0 Å². The Labute approximate surface area is 59.6 Å². The Kier molecular flexibility index (Phi) is 2.33. The molecule has 0 aliphatic carbocycles. The molecule has 0 N–H and O–H groups in total. The first kappa shape index (κ1) is 5.77. The zero-order chi connectivity index (χ0) is 5.11. The number of hydrogen-bond donors (Lipinski definition) is 1. The van der Waals surface area contributed by atoms with Crippen molar-refractivity contribution >= 4 is 21.3 Å². The van der Waals surface area contributed by atoms with Crippen LogP contribution in [0.2, 0.25) is 0 Å². The Bertz CT molecular complexity index is 128. The number of thiol groups is 1. The van der Waals surface area contributed by atoms with E-state index in [1.165, 1.54) is 14.4 Å². The molecule has 0 amide bonds.